The van der Waals surface area contributed by atoms with E-state index >= 15 is 0 Å². The summed E-state index contributed by atoms with van der Waals surface area (Å²) in [4.78, 5) is 15.7. The van der Waals surface area contributed by atoms with E-state index in [-0.39, 0.29) is 0 Å². The van der Waals surface area contributed by atoms with Crippen molar-refractivity contribution in [1.82, 2.24) is 15.0 Å². The predicted molar refractivity (Wildman–Crippen MR) is 235 cm³/mol. The van der Waals surface area contributed by atoms with Crippen molar-refractivity contribution < 1.29 is 4.42 Å². The number of hydrogen-bond acceptors (Lipinski definition) is 4. The van der Waals surface area contributed by atoms with Gasteiger partial charge in [-0.1, -0.05) is 158 Å². The Hall–Kier alpha value is -7.43. The quantitative estimate of drug-likeness (QED) is 0.171. The average Bonchev–Trinajstić information content (AvgIpc) is 3.68. The van der Waals surface area contributed by atoms with Crippen molar-refractivity contribution in [3.63, 3.8) is 0 Å². The van der Waals surface area contributed by atoms with Gasteiger partial charge < -0.3 is 4.42 Å². The molecule has 57 heavy (non-hydrogen) atoms. The van der Waals surface area contributed by atoms with Gasteiger partial charge in [0.1, 0.15) is 11.2 Å². The first-order valence-corrected chi connectivity index (χ1v) is 19.5. The lowest BCUT2D eigenvalue weighted by atomic mass is 9.95. The van der Waals surface area contributed by atoms with Gasteiger partial charge in [-0.25, -0.2) is 15.0 Å². The highest BCUT2D eigenvalue weighted by Gasteiger charge is 2.20. The number of para-hydroxylation sites is 1. The van der Waals surface area contributed by atoms with Crippen LogP contribution in [0.4, 0.5) is 0 Å². The van der Waals surface area contributed by atoms with Crippen LogP contribution >= 0.6 is 0 Å². The molecule has 4 nitrogen and oxygen atoms in total. The molecule has 268 valence electrons. The zero-order valence-electron chi connectivity index (χ0n) is 31.1. The number of hydrogen-bond donors (Lipinski definition) is 0. The largest absolute Gasteiger partial charge is 0.455 e. The van der Waals surface area contributed by atoms with Crippen molar-refractivity contribution in [3.8, 4) is 67.5 Å². The van der Waals surface area contributed by atoms with E-state index in [2.05, 4.69) is 164 Å². The second-order valence-electron chi connectivity index (χ2n) is 14.7. The lowest BCUT2D eigenvalue weighted by molar-refractivity contribution is 0.670. The van der Waals surface area contributed by atoms with E-state index in [9.17, 15) is 0 Å². The molecule has 0 unspecified atom stereocenters. The summed E-state index contributed by atoms with van der Waals surface area (Å²) < 4.78 is 6.75. The van der Waals surface area contributed by atoms with Crippen LogP contribution in [0.5, 0.6) is 0 Å². The standard InChI is InChI=1S/C53H35N3O/c1-3-12-34(13-4-1)38-18-9-19-42(31-38)45-20-10-21-46-49-47(22-11-23-48(49)57-50(45)46)53-55-51(43-28-24-36-16-7-8-17-37(36)32-43)54-52(56-53)44-29-27-40-30-39(25-26-41(40)33-44)35-14-5-2-6-15-35/h1-7,9-16,18-33H,8,17H2. The first-order valence-electron chi connectivity index (χ1n) is 19.5. The van der Waals surface area contributed by atoms with Crippen LogP contribution in [0.1, 0.15) is 17.5 Å². The Bertz CT molecular complexity index is 3180. The Labute approximate surface area is 330 Å². The van der Waals surface area contributed by atoms with E-state index in [1.54, 1.807) is 0 Å². The highest BCUT2D eigenvalue weighted by atomic mass is 16.3. The molecule has 11 rings (SSSR count). The van der Waals surface area contributed by atoms with Crippen LogP contribution in [0.3, 0.4) is 0 Å². The normalized spacial score (nSPS) is 12.4. The van der Waals surface area contributed by atoms with Crippen LogP contribution in [0.2, 0.25) is 0 Å². The maximum atomic E-state index is 6.75. The summed E-state index contributed by atoms with van der Waals surface area (Å²) in [5, 5.41) is 4.30. The van der Waals surface area contributed by atoms with Crippen molar-refractivity contribution in [2.45, 2.75) is 12.8 Å². The van der Waals surface area contributed by atoms with Gasteiger partial charge in [0, 0.05) is 33.0 Å². The summed E-state index contributed by atoms with van der Waals surface area (Å²) in [5.41, 5.74) is 13.9. The number of rotatable bonds is 6. The van der Waals surface area contributed by atoms with Crippen molar-refractivity contribution in [3.05, 3.63) is 193 Å². The molecule has 0 saturated carbocycles. The van der Waals surface area contributed by atoms with Crippen LogP contribution in [0, 0.1) is 0 Å². The van der Waals surface area contributed by atoms with Crippen molar-refractivity contribution in [2.75, 3.05) is 0 Å². The molecule has 1 aliphatic carbocycles. The summed E-state index contributed by atoms with van der Waals surface area (Å²) in [6.07, 6.45) is 6.48. The van der Waals surface area contributed by atoms with Crippen molar-refractivity contribution >= 4 is 38.8 Å². The fourth-order valence-electron chi connectivity index (χ4n) is 8.28. The maximum Gasteiger partial charge on any atom is 0.164 e. The van der Waals surface area contributed by atoms with E-state index in [1.807, 2.05) is 24.3 Å². The summed E-state index contributed by atoms with van der Waals surface area (Å²) in [5.74, 6) is 1.89. The molecule has 0 N–H and O–H groups in total. The number of allylic oxidation sites excluding steroid dienone is 1. The summed E-state index contributed by atoms with van der Waals surface area (Å²) >= 11 is 0. The number of benzene rings is 8. The molecule has 0 saturated heterocycles. The first kappa shape index (κ1) is 33.0. The predicted octanol–water partition coefficient (Wildman–Crippen LogP) is 13.9. The second-order valence-corrected chi connectivity index (χ2v) is 14.7. The van der Waals surface area contributed by atoms with Gasteiger partial charge in [-0.2, -0.15) is 0 Å². The monoisotopic (exact) mass is 729 g/mol. The minimum Gasteiger partial charge on any atom is -0.455 e. The van der Waals surface area contributed by atoms with Gasteiger partial charge in [-0.05, 0) is 92.9 Å². The Morgan fingerprint density at radius 2 is 1.02 bits per heavy atom. The number of fused-ring (bicyclic) bond motifs is 5. The number of furan rings is 1. The molecule has 2 aromatic heterocycles. The Morgan fingerprint density at radius 1 is 0.421 bits per heavy atom. The third-order valence-electron chi connectivity index (χ3n) is 11.2. The van der Waals surface area contributed by atoms with E-state index in [0.717, 1.165) is 78.9 Å². The Balaban J connectivity index is 1.08. The van der Waals surface area contributed by atoms with Gasteiger partial charge in [0.15, 0.2) is 17.5 Å². The molecule has 0 amide bonds. The highest BCUT2D eigenvalue weighted by molar-refractivity contribution is 6.15. The second kappa shape index (κ2) is 13.7. The van der Waals surface area contributed by atoms with Gasteiger partial charge in [0.25, 0.3) is 0 Å². The zero-order chi connectivity index (χ0) is 37.7. The molecule has 4 heteroatoms. The minimum absolute atomic E-state index is 0.608. The molecule has 0 atom stereocenters. The topological polar surface area (TPSA) is 51.8 Å². The first-order chi connectivity index (χ1) is 28.2. The molecule has 0 bridgehead atoms. The number of aryl methyl sites for hydroxylation is 1. The zero-order valence-corrected chi connectivity index (χ0v) is 31.1. The van der Waals surface area contributed by atoms with Crippen LogP contribution in [-0.2, 0) is 6.42 Å². The number of aromatic nitrogens is 3. The molecule has 0 fully saturated rings. The summed E-state index contributed by atoms with van der Waals surface area (Å²) in [6.45, 7) is 0. The molecule has 8 aromatic carbocycles. The fraction of sp³-hybridized carbons (Fsp3) is 0.0377. The van der Waals surface area contributed by atoms with E-state index in [1.165, 1.54) is 27.8 Å². The summed E-state index contributed by atoms with van der Waals surface area (Å²) in [6, 6.07) is 61.9. The highest BCUT2D eigenvalue weighted by Crippen LogP contribution is 2.41. The number of nitrogens with zero attached hydrogens (tertiary/aromatic N) is 3. The molecule has 0 radical (unpaired) electrons. The lowest BCUT2D eigenvalue weighted by Crippen LogP contribution is -2.02. The van der Waals surface area contributed by atoms with Gasteiger partial charge in [-0.15, -0.1) is 0 Å². The molecule has 0 spiro atoms. The van der Waals surface area contributed by atoms with Crippen LogP contribution in [-0.4, -0.2) is 15.0 Å². The molecule has 0 aliphatic heterocycles. The van der Waals surface area contributed by atoms with Crippen LogP contribution in [0.15, 0.2) is 186 Å². The third-order valence-corrected chi connectivity index (χ3v) is 11.2. The van der Waals surface area contributed by atoms with Crippen LogP contribution < -0.4 is 0 Å². The Kier molecular flexibility index (Phi) is 7.92. The molecule has 2 heterocycles. The molecular formula is C53H35N3O. The summed E-state index contributed by atoms with van der Waals surface area (Å²) in [7, 11) is 0. The van der Waals surface area contributed by atoms with E-state index in [4.69, 9.17) is 19.4 Å². The average molecular weight is 730 g/mol. The van der Waals surface area contributed by atoms with Crippen molar-refractivity contribution in [1.29, 1.82) is 0 Å². The molecular weight excluding hydrogens is 695 g/mol. The third kappa shape index (κ3) is 5.99. The van der Waals surface area contributed by atoms with E-state index in [0.29, 0.717) is 17.5 Å². The Morgan fingerprint density at radius 3 is 1.81 bits per heavy atom. The van der Waals surface area contributed by atoms with Gasteiger partial charge >= 0.3 is 0 Å². The van der Waals surface area contributed by atoms with Gasteiger partial charge in [-0.3, -0.25) is 0 Å². The minimum atomic E-state index is 0.608. The SMILES string of the molecule is C1=Cc2ccc(-c3nc(-c4ccc5cc(-c6ccccc6)ccc5c4)nc(-c4cccc5oc6c(-c7cccc(-c8ccccc8)c7)cccc6c45)n3)cc2CC1. The van der Waals surface area contributed by atoms with Crippen molar-refractivity contribution in [2.24, 2.45) is 0 Å². The lowest BCUT2D eigenvalue weighted by Gasteiger charge is -2.13. The molecule has 10 aromatic rings. The smallest absolute Gasteiger partial charge is 0.164 e. The van der Waals surface area contributed by atoms with Gasteiger partial charge in [0.05, 0.1) is 0 Å². The van der Waals surface area contributed by atoms with Crippen LogP contribution in [0.25, 0.3) is 106 Å². The molecule has 1 aliphatic rings. The fourth-order valence-corrected chi connectivity index (χ4v) is 8.28. The maximum absolute atomic E-state index is 6.75. The van der Waals surface area contributed by atoms with E-state index < -0.39 is 0 Å². The van der Waals surface area contributed by atoms with Gasteiger partial charge in [0.2, 0.25) is 0 Å².